The lowest BCUT2D eigenvalue weighted by Gasteiger charge is -2.06. The molecule has 1 aliphatic rings. The van der Waals surface area contributed by atoms with Gasteiger partial charge in [0.05, 0.1) is 12.1 Å². The van der Waals surface area contributed by atoms with E-state index >= 15 is 0 Å². The van der Waals surface area contributed by atoms with Crippen LogP contribution in [0.1, 0.15) is 40.8 Å². The van der Waals surface area contributed by atoms with Gasteiger partial charge in [0.25, 0.3) is 0 Å². The number of rotatable bonds is 5. The number of benzene rings is 1. The molecular weight excluding hydrogens is 354 g/mol. The van der Waals surface area contributed by atoms with Gasteiger partial charge < -0.3 is 10.6 Å². The van der Waals surface area contributed by atoms with Crippen molar-refractivity contribution in [2.45, 2.75) is 38.6 Å². The third-order valence-electron chi connectivity index (χ3n) is 4.29. The molecule has 0 saturated heterocycles. The Kier molecular flexibility index (Phi) is 6.09. The molecule has 0 radical (unpaired) electrons. The Morgan fingerprint density at radius 2 is 2.12 bits per heavy atom. The summed E-state index contributed by atoms with van der Waals surface area (Å²) in [5.41, 5.74) is 2.83. The monoisotopic (exact) mass is 373 g/mol. The zero-order chi connectivity index (χ0) is 17.6. The molecule has 0 saturated carbocycles. The second-order valence-corrected chi connectivity index (χ2v) is 7.70. The summed E-state index contributed by atoms with van der Waals surface area (Å²) in [4.78, 5) is 13.5. The lowest BCUT2D eigenvalue weighted by Crippen LogP contribution is -2.27. The summed E-state index contributed by atoms with van der Waals surface area (Å²) in [5, 5.41) is 16.9. The molecule has 0 atom stereocenters. The van der Waals surface area contributed by atoms with Crippen LogP contribution in [-0.2, 0) is 24.2 Å². The maximum absolute atomic E-state index is 12.2. The Balaban J connectivity index is 1.59. The van der Waals surface area contributed by atoms with E-state index in [9.17, 15) is 10.1 Å². The first-order valence-corrected chi connectivity index (χ1v) is 9.66. The molecule has 2 aromatic rings. The van der Waals surface area contributed by atoms with Gasteiger partial charge in [-0.1, -0.05) is 30.2 Å². The quantitative estimate of drug-likeness (QED) is 0.769. The van der Waals surface area contributed by atoms with Crippen molar-refractivity contribution in [2.24, 2.45) is 0 Å². The van der Waals surface area contributed by atoms with Gasteiger partial charge in [0, 0.05) is 16.4 Å². The summed E-state index contributed by atoms with van der Waals surface area (Å²) in [6, 6.07) is 9.82. The molecule has 25 heavy (non-hydrogen) atoms. The van der Waals surface area contributed by atoms with Gasteiger partial charge in [0.15, 0.2) is 0 Å². The van der Waals surface area contributed by atoms with E-state index in [0.717, 1.165) is 36.8 Å². The smallest absolute Gasteiger partial charge is 0.238 e. The maximum Gasteiger partial charge on any atom is 0.238 e. The van der Waals surface area contributed by atoms with Crippen LogP contribution >= 0.6 is 22.9 Å². The molecule has 0 aliphatic heterocycles. The topological polar surface area (TPSA) is 64.9 Å². The molecule has 0 unspecified atom stereocenters. The first-order chi connectivity index (χ1) is 12.2. The number of nitriles is 1. The van der Waals surface area contributed by atoms with Crippen LogP contribution in [0.5, 0.6) is 0 Å². The largest absolute Gasteiger partial charge is 0.315 e. The molecule has 1 heterocycles. The lowest BCUT2D eigenvalue weighted by molar-refractivity contribution is -0.115. The molecule has 1 aliphatic carbocycles. The Morgan fingerprint density at radius 3 is 2.92 bits per heavy atom. The third kappa shape index (κ3) is 4.60. The number of hydrogen-bond donors (Lipinski definition) is 2. The standard InChI is InChI=1S/C19H20ClN3OS/c20-14-6-4-5-13(9-14)11-22-12-18(24)23-19-16(10-21)15-7-2-1-3-8-17(15)25-19/h4-6,9,22H,1-3,7-8,11-12H2,(H,23,24). The van der Waals surface area contributed by atoms with Crippen LogP contribution in [0.3, 0.4) is 0 Å². The Labute approximate surface area is 156 Å². The highest BCUT2D eigenvalue weighted by Crippen LogP contribution is 2.36. The van der Waals surface area contributed by atoms with Gasteiger partial charge in [-0.25, -0.2) is 0 Å². The molecule has 1 amide bonds. The van der Waals surface area contributed by atoms with Crippen molar-refractivity contribution >= 4 is 33.8 Å². The fraction of sp³-hybridized carbons (Fsp3) is 0.368. The van der Waals surface area contributed by atoms with Crippen LogP contribution in [0.2, 0.25) is 5.02 Å². The van der Waals surface area contributed by atoms with Gasteiger partial charge in [-0.3, -0.25) is 4.79 Å². The molecule has 0 bridgehead atoms. The highest BCUT2D eigenvalue weighted by atomic mass is 35.5. The van der Waals surface area contributed by atoms with E-state index in [0.29, 0.717) is 22.1 Å². The number of halogens is 1. The molecule has 2 N–H and O–H groups in total. The van der Waals surface area contributed by atoms with E-state index in [1.165, 1.54) is 11.3 Å². The van der Waals surface area contributed by atoms with Gasteiger partial charge in [-0.2, -0.15) is 5.26 Å². The number of aryl methyl sites for hydroxylation is 1. The maximum atomic E-state index is 12.2. The van der Waals surface area contributed by atoms with E-state index in [-0.39, 0.29) is 12.5 Å². The minimum atomic E-state index is -0.130. The summed E-state index contributed by atoms with van der Waals surface area (Å²) >= 11 is 7.51. The van der Waals surface area contributed by atoms with Crippen molar-refractivity contribution < 1.29 is 4.79 Å². The summed E-state index contributed by atoms with van der Waals surface area (Å²) in [6.07, 6.45) is 5.44. The summed E-state index contributed by atoms with van der Waals surface area (Å²) < 4.78 is 0. The van der Waals surface area contributed by atoms with E-state index in [4.69, 9.17) is 11.6 Å². The zero-order valence-corrected chi connectivity index (χ0v) is 15.5. The number of nitrogens with zero attached hydrogens (tertiary/aromatic N) is 1. The average Bonchev–Trinajstić information content (AvgIpc) is 2.75. The molecule has 0 spiro atoms. The van der Waals surface area contributed by atoms with Crippen molar-refractivity contribution in [1.82, 2.24) is 5.32 Å². The highest BCUT2D eigenvalue weighted by Gasteiger charge is 2.20. The second kappa shape index (κ2) is 8.48. The van der Waals surface area contributed by atoms with Crippen LogP contribution in [0.25, 0.3) is 0 Å². The fourth-order valence-corrected chi connectivity index (χ4v) is 4.56. The Morgan fingerprint density at radius 1 is 1.28 bits per heavy atom. The Bertz CT molecular complexity index is 809. The molecule has 3 rings (SSSR count). The van der Waals surface area contributed by atoms with Crippen molar-refractivity contribution in [3.8, 4) is 6.07 Å². The molecule has 6 heteroatoms. The second-order valence-electron chi connectivity index (χ2n) is 6.16. The van der Waals surface area contributed by atoms with Gasteiger partial charge >= 0.3 is 0 Å². The number of fused-ring (bicyclic) bond motifs is 1. The van der Waals surface area contributed by atoms with Crippen molar-refractivity contribution in [3.63, 3.8) is 0 Å². The van der Waals surface area contributed by atoms with Gasteiger partial charge in [-0.05, 0) is 48.9 Å². The van der Waals surface area contributed by atoms with Crippen LogP contribution < -0.4 is 10.6 Å². The number of nitrogens with one attached hydrogen (secondary N) is 2. The van der Waals surface area contributed by atoms with Gasteiger partial charge in [0.2, 0.25) is 5.91 Å². The highest BCUT2D eigenvalue weighted by molar-refractivity contribution is 7.16. The third-order valence-corrected chi connectivity index (χ3v) is 5.73. The number of thiophene rings is 1. The van der Waals surface area contributed by atoms with Crippen LogP contribution in [0, 0.1) is 11.3 Å². The molecule has 4 nitrogen and oxygen atoms in total. The predicted octanol–water partition coefficient (Wildman–Crippen LogP) is 4.27. The normalized spacial score (nSPS) is 13.6. The lowest BCUT2D eigenvalue weighted by atomic mass is 10.1. The molecule has 1 aromatic heterocycles. The first-order valence-electron chi connectivity index (χ1n) is 8.47. The SMILES string of the molecule is N#Cc1c(NC(=O)CNCc2cccc(Cl)c2)sc2c1CCCCC2. The average molecular weight is 374 g/mol. The van der Waals surface area contributed by atoms with Crippen LogP contribution in [0.4, 0.5) is 5.00 Å². The molecule has 1 aromatic carbocycles. The fourth-order valence-electron chi connectivity index (χ4n) is 3.09. The Hall–Kier alpha value is -1.87. The molecule has 130 valence electrons. The predicted molar refractivity (Wildman–Crippen MR) is 102 cm³/mol. The van der Waals surface area contributed by atoms with Crippen molar-refractivity contribution in [3.05, 3.63) is 50.9 Å². The zero-order valence-electron chi connectivity index (χ0n) is 13.9. The van der Waals surface area contributed by atoms with Crippen LogP contribution in [0.15, 0.2) is 24.3 Å². The van der Waals surface area contributed by atoms with E-state index < -0.39 is 0 Å². The van der Waals surface area contributed by atoms with E-state index in [2.05, 4.69) is 16.7 Å². The molecular formula is C19H20ClN3OS. The number of anilines is 1. The van der Waals surface area contributed by atoms with Crippen molar-refractivity contribution in [2.75, 3.05) is 11.9 Å². The van der Waals surface area contributed by atoms with Gasteiger partial charge in [0.1, 0.15) is 11.1 Å². The van der Waals surface area contributed by atoms with Crippen LogP contribution in [-0.4, -0.2) is 12.5 Å². The summed E-state index contributed by atoms with van der Waals surface area (Å²) in [7, 11) is 0. The van der Waals surface area contributed by atoms with Crippen molar-refractivity contribution in [1.29, 1.82) is 5.26 Å². The van der Waals surface area contributed by atoms with E-state index in [1.54, 1.807) is 11.3 Å². The summed E-state index contributed by atoms with van der Waals surface area (Å²) in [5.74, 6) is -0.130. The first kappa shape index (κ1) is 17.9. The number of carbonyl (C=O) groups is 1. The molecule has 0 fully saturated rings. The minimum absolute atomic E-state index is 0.130. The number of amides is 1. The van der Waals surface area contributed by atoms with E-state index in [1.807, 2.05) is 24.3 Å². The minimum Gasteiger partial charge on any atom is -0.315 e. The summed E-state index contributed by atoms with van der Waals surface area (Å²) in [6.45, 7) is 0.764. The number of hydrogen-bond acceptors (Lipinski definition) is 4. The number of carbonyl (C=O) groups excluding carboxylic acids is 1. The van der Waals surface area contributed by atoms with Gasteiger partial charge in [-0.15, -0.1) is 11.3 Å².